The van der Waals surface area contributed by atoms with Crippen molar-refractivity contribution in [1.29, 1.82) is 0 Å². The number of hydrogen-bond acceptors (Lipinski definition) is 4. The average molecular weight is 316 g/mol. The van der Waals surface area contributed by atoms with Gasteiger partial charge in [0.05, 0.1) is 16.6 Å². The summed E-state index contributed by atoms with van der Waals surface area (Å²) < 4.78 is 0. The largest absolute Gasteiger partial charge is 0.342 e. The molecule has 1 amide bonds. The van der Waals surface area contributed by atoms with E-state index in [0.717, 1.165) is 57.7 Å². The van der Waals surface area contributed by atoms with Gasteiger partial charge in [0.25, 0.3) is 0 Å². The summed E-state index contributed by atoms with van der Waals surface area (Å²) in [7, 11) is 0. The molecule has 1 saturated heterocycles. The van der Waals surface area contributed by atoms with Crippen molar-refractivity contribution >= 4 is 28.8 Å². The molecule has 1 fully saturated rings. The number of aryl methyl sites for hydroxylation is 1. The Morgan fingerprint density at radius 3 is 2.95 bits per heavy atom. The van der Waals surface area contributed by atoms with E-state index in [4.69, 9.17) is 11.6 Å². The molecule has 0 unspecified atom stereocenters. The third-order valence-corrected chi connectivity index (χ3v) is 4.87. The second-order valence-electron chi connectivity index (χ2n) is 5.17. The van der Waals surface area contributed by atoms with Gasteiger partial charge in [-0.25, -0.2) is 4.98 Å². The Labute approximate surface area is 129 Å². The van der Waals surface area contributed by atoms with Crippen molar-refractivity contribution in [1.82, 2.24) is 14.8 Å². The van der Waals surface area contributed by atoms with E-state index in [9.17, 15) is 4.79 Å². The quantitative estimate of drug-likeness (QED) is 0.783. The first-order valence-corrected chi connectivity index (χ1v) is 8.57. The summed E-state index contributed by atoms with van der Waals surface area (Å²) in [5.74, 6) is 0.701. The van der Waals surface area contributed by atoms with Crippen LogP contribution in [-0.2, 0) is 17.1 Å². The average Bonchev–Trinajstić information content (AvgIpc) is 2.75. The van der Waals surface area contributed by atoms with Crippen molar-refractivity contribution in [2.24, 2.45) is 0 Å². The Balaban J connectivity index is 1.70. The number of hydrogen-bond donors (Lipinski definition) is 0. The maximum absolute atomic E-state index is 11.4. The second kappa shape index (κ2) is 7.96. The van der Waals surface area contributed by atoms with Crippen LogP contribution in [0.15, 0.2) is 5.38 Å². The van der Waals surface area contributed by atoms with E-state index in [1.54, 1.807) is 18.3 Å². The zero-order valence-corrected chi connectivity index (χ0v) is 13.5. The van der Waals surface area contributed by atoms with Crippen molar-refractivity contribution in [3.63, 3.8) is 0 Å². The molecule has 112 valence electrons. The van der Waals surface area contributed by atoms with Gasteiger partial charge in [-0.05, 0) is 25.9 Å². The molecule has 2 heterocycles. The Hall–Kier alpha value is -0.650. The highest BCUT2D eigenvalue weighted by Crippen LogP contribution is 2.14. The maximum atomic E-state index is 11.4. The van der Waals surface area contributed by atoms with Crippen LogP contribution in [0.3, 0.4) is 0 Å². The van der Waals surface area contributed by atoms with Crippen LogP contribution in [-0.4, -0.2) is 53.4 Å². The standard InChI is InChI=1S/C14H22ClN3OS/c1-12(19)18-7-3-6-17(8-9-18)5-2-4-14-16-13(10-15)11-20-14/h11H,2-10H2,1H3. The number of rotatable bonds is 5. The van der Waals surface area contributed by atoms with Crippen molar-refractivity contribution in [3.05, 3.63) is 16.1 Å². The monoisotopic (exact) mass is 315 g/mol. The SMILES string of the molecule is CC(=O)N1CCCN(CCCc2nc(CCl)cs2)CC1. The fourth-order valence-electron chi connectivity index (χ4n) is 2.49. The summed E-state index contributed by atoms with van der Waals surface area (Å²) in [6.45, 7) is 6.59. The Morgan fingerprint density at radius 1 is 1.40 bits per heavy atom. The van der Waals surface area contributed by atoms with Crippen molar-refractivity contribution in [2.75, 3.05) is 32.7 Å². The third-order valence-electron chi connectivity index (χ3n) is 3.64. The van der Waals surface area contributed by atoms with E-state index in [1.807, 2.05) is 10.3 Å². The number of carbonyl (C=O) groups is 1. The van der Waals surface area contributed by atoms with Crippen molar-refractivity contribution in [3.8, 4) is 0 Å². The minimum Gasteiger partial charge on any atom is -0.342 e. The van der Waals surface area contributed by atoms with Gasteiger partial charge in [0.1, 0.15) is 0 Å². The van der Waals surface area contributed by atoms with Crippen LogP contribution in [0, 0.1) is 0 Å². The molecule has 20 heavy (non-hydrogen) atoms. The van der Waals surface area contributed by atoms with E-state index >= 15 is 0 Å². The van der Waals surface area contributed by atoms with Gasteiger partial charge in [0, 0.05) is 38.4 Å². The molecule has 0 saturated carbocycles. The number of alkyl halides is 1. The summed E-state index contributed by atoms with van der Waals surface area (Å²) in [5, 5.41) is 3.22. The molecule has 0 radical (unpaired) electrons. The second-order valence-corrected chi connectivity index (χ2v) is 6.38. The maximum Gasteiger partial charge on any atom is 0.219 e. The predicted octanol–water partition coefficient (Wildman–Crippen LogP) is 2.37. The molecule has 4 nitrogen and oxygen atoms in total. The lowest BCUT2D eigenvalue weighted by Gasteiger charge is -2.20. The van der Waals surface area contributed by atoms with Gasteiger partial charge in [-0.2, -0.15) is 0 Å². The van der Waals surface area contributed by atoms with Crippen LogP contribution in [0.4, 0.5) is 0 Å². The van der Waals surface area contributed by atoms with Crippen LogP contribution in [0.1, 0.15) is 30.5 Å². The van der Waals surface area contributed by atoms with Gasteiger partial charge in [-0.1, -0.05) is 0 Å². The first-order valence-electron chi connectivity index (χ1n) is 7.16. The van der Waals surface area contributed by atoms with Crippen molar-refractivity contribution in [2.45, 2.75) is 32.1 Å². The van der Waals surface area contributed by atoms with E-state index in [0.29, 0.717) is 5.88 Å². The molecule has 1 aliphatic heterocycles. The van der Waals surface area contributed by atoms with Gasteiger partial charge in [-0.3, -0.25) is 4.79 Å². The molecule has 6 heteroatoms. The van der Waals surface area contributed by atoms with Crippen LogP contribution >= 0.6 is 22.9 Å². The Bertz CT molecular complexity index is 438. The van der Waals surface area contributed by atoms with E-state index in [1.165, 1.54) is 5.01 Å². The lowest BCUT2D eigenvalue weighted by molar-refractivity contribution is -0.128. The zero-order chi connectivity index (χ0) is 14.4. The molecule has 2 rings (SSSR count). The Kier molecular flexibility index (Phi) is 6.26. The van der Waals surface area contributed by atoms with Crippen molar-refractivity contribution < 1.29 is 4.79 Å². The van der Waals surface area contributed by atoms with Crippen LogP contribution in [0.2, 0.25) is 0 Å². The molecule has 0 aromatic carbocycles. The summed E-state index contributed by atoms with van der Waals surface area (Å²) in [5.41, 5.74) is 0.985. The molecule has 0 spiro atoms. The first-order chi connectivity index (χ1) is 9.69. The summed E-state index contributed by atoms with van der Waals surface area (Å²) in [6, 6.07) is 0. The lowest BCUT2D eigenvalue weighted by Crippen LogP contribution is -2.34. The van der Waals surface area contributed by atoms with E-state index in [2.05, 4.69) is 9.88 Å². The number of thiazole rings is 1. The fraction of sp³-hybridized carbons (Fsp3) is 0.714. The number of carbonyl (C=O) groups excluding carboxylic acids is 1. The van der Waals surface area contributed by atoms with Crippen LogP contribution < -0.4 is 0 Å². The van der Waals surface area contributed by atoms with Crippen LogP contribution in [0.25, 0.3) is 0 Å². The number of aromatic nitrogens is 1. The molecule has 1 aliphatic rings. The normalized spacial score (nSPS) is 17.2. The van der Waals surface area contributed by atoms with Gasteiger partial charge in [0.2, 0.25) is 5.91 Å². The van der Waals surface area contributed by atoms with Gasteiger partial charge < -0.3 is 9.80 Å². The molecular formula is C14H22ClN3OS. The molecular weight excluding hydrogens is 294 g/mol. The summed E-state index contributed by atoms with van der Waals surface area (Å²) in [4.78, 5) is 20.3. The lowest BCUT2D eigenvalue weighted by atomic mass is 10.3. The molecule has 0 N–H and O–H groups in total. The molecule has 1 aromatic heterocycles. The number of amides is 1. The third kappa shape index (κ3) is 4.72. The van der Waals surface area contributed by atoms with Gasteiger partial charge in [-0.15, -0.1) is 22.9 Å². The minimum atomic E-state index is 0.197. The summed E-state index contributed by atoms with van der Waals surface area (Å²) >= 11 is 7.46. The topological polar surface area (TPSA) is 36.4 Å². The molecule has 1 aromatic rings. The molecule has 0 bridgehead atoms. The number of halogens is 1. The highest BCUT2D eigenvalue weighted by atomic mass is 35.5. The zero-order valence-electron chi connectivity index (χ0n) is 12.0. The Morgan fingerprint density at radius 2 is 2.25 bits per heavy atom. The highest BCUT2D eigenvalue weighted by Gasteiger charge is 2.16. The number of nitrogens with zero attached hydrogens (tertiary/aromatic N) is 3. The minimum absolute atomic E-state index is 0.197. The van der Waals surface area contributed by atoms with Crippen LogP contribution in [0.5, 0.6) is 0 Å². The van der Waals surface area contributed by atoms with Gasteiger partial charge in [0.15, 0.2) is 0 Å². The highest BCUT2D eigenvalue weighted by molar-refractivity contribution is 7.09. The molecule has 0 aliphatic carbocycles. The first kappa shape index (κ1) is 15.7. The van der Waals surface area contributed by atoms with E-state index < -0.39 is 0 Å². The summed E-state index contributed by atoms with van der Waals surface area (Å²) in [6.07, 6.45) is 3.22. The van der Waals surface area contributed by atoms with E-state index in [-0.39, 0.29) is 5.91 Å². The smallest absolute Gasteiger partial charge is 0.219 e. The van der Waals surface area contributed by atoms with Gasteiger partial charge >= 0.3 is 0 Å². The fourth-order valence-corrected chi connectivity index (χ4v) is 3.56. The predicted molar refractivity (Wildman–Crippen MR) is 83.3 cm³/mol. The molecule has 0 atom stereocenters.